The van der Waals surface area contributed by atoms with E-state index in [0.717, 1.165) is 6.42 Å². The Bertz CT molecular complexity index is 227. The molecule has 0 rings (SSSR count). The van der Waals surface area contributed by atoms with Crippen LogP contribution in [0.15, 0.2) is 0 Å². The maximum Gasteiger partial charge on any atom is 0.153 e. The minimum absolute atomic E-state index is 0.102. The number of hydrogen-bond acceptors (Lipinski definition) is 2. The van der Waals surface area contributed by atoms with Gasteiger partial charge in [0.2, 0.25) is 0 Å². The van der Waals surface area contributed by atoms with E-state index in [4.69, 9.17) is 0 Å². The van der Waals surface area contributed by atoms with Crippen molar-refractivity contribution in [3.63, 3.8) is 0 Å². The van der Waals surface area contributed by atoms with Crippen LogP contribution < -0.4 is 0 Å². The van der Waals surface area contributed by atoms with Gasteiger partial charge in [-0.15, -0.1) is 0 Å². The van der Waals surface area contributed by atoms with E-state index in [9.17, 15) is 8.42 Å². The zero-order chi connectivity index (χ0) is 9.99. The maximum atomic E-state index is 11.5. The summed E-state index contributed by atoms with van der Waals surface area (Å²) in [4.78, 5) is 0. The Kier molecular flexibility index (Phi) is 3.76. The van der Waals surface area contributed by atoms with Crippen LogP contribution in [0.4, 0.5) is 0 Å². The third-order valence-corrected chi connectivity index (χ3v) is 5.47. The van der Waals surface area contributed by atoms with Crippen LogP contribution in [0.25, 0.3) is 0 Å². The normalized spacial score (nSPS) is 16.1. The van der Waals surface area contributed by atoms with Crippen molar-refractivity contribution in [2.45, 2.75) is 46.3 Å². The summed E-state index contributed by atoms with van der Waals surface area (Å²) in [5.41, 5.74) is -0.102. The van der Waals surface area contributed by atoms with Crippen LogP contribution in [0.1, 0.15) is 41.0 Å². The molecule has 0 heterocycles. The van der Waals surface area contributed by atoms with Gasteiger partial charge in [-0.2, -0.15) is 0 Å². The van der Waals surface area contributed by atoms with E-state index in [2.05, 4.69) is 0 Å². The van der Waals surface area contributed by atoms with Crippen molar-refractivity contribution in [1.29, 1.82) is 0 Å². The second-order valence-corrected chi connectivity index (χ2v) is 6.55. The predicted molar refractivity (Wildman–Crippen MR) is 53.0 cm³/mol. The molecule has 0 aromatic heterocycles. The molecule has 1 atom stereocenters. The van der Waals surface area contributed by atoms with E-state index >= 15 is 0 Å². The first kappa shape index (κ1) is 11.9. The van der Waals surface area contributed by atoms with Crippen molar-refractivity contribution >= 4 is 9.84 Å². The summed E-state index contributed by atoms with van der Waals surface area (Å²) < 4.78 is 23.0. The molecule has 12 heavy (non-hydrogen) atoms. The van der Waals surface area contributed by atoms with E-state index in [1.165, 1.54) is 0 Å². The van der Waals surface area contributed by atoms with E-state index < -0.39 is 9.84 Å². The standard InChI is InChI=1S/C9H20O2S/c1-6-9(4,5)8(3)12(10,11)7-2/h8H,6-7H2,1-5H3. The van der Waals surface area contributed by atoms with Gasteiger partial charge in [0.05, 0.1) is 5.25 Å². The van der Waals surface area contributed by atoms with Gasteiger partial charge >= 0.3 is 0 Å². The van der Waals surface area contributed by atoms with Gasteiger partial charge in [0.15, 0.2) is 9.84 Å². The fourth-order valence-corrected chi connectivity index (χ4v) is 2.66. The molecule has 3 heteroatoms. The molecule has 2 nitrogen and oxygen atoms in total. The third kappa shape index (κ3) is 2.47. The molecule has 0 aromatic rings. The van der Waals surface area contributed by atoms with E-state index in [1.54, 1.807) is 6.92 Å². The quantitative estimate of drug-likeness (QED) is 0.684. The molecule has 0 aliphatic rings. The second kappa shape index (κ2) is 3.77. The first-order chi connectivity index (χ1) is 5.28. The highest BCUT2D eigenvalue weighted by Crippen LogP contribution is 2.29. The summed E-state index contributed by atoms with van der Waals surface area (Å²) in [6.07, 6.45) is 0.896. The van der Waals surface area contributed by atoms with Crippen molar-refractivity contribution < 1.29 is 8.42 Å². The summed E-state index contributed by atoms with van der Waals surface area (Å²) in [5.74, 6) is 0.248. The first-order valence-corrected chi connectivity index (χ1v) is 6.21. The fourth-order valence-electron chi connectivity index (χ4n) is 1.02. The molecule has 0 aliphatic carbocycles. The van der Waals surface area contributed by atoms with Crippen LogP contribution in [0, 0.1) is 5.41 Å². The van der Waals surface area contributed by atoms with Crippen LogP contribution in [0.3, 0.4) is 0 Å². The molecule has 0 aromatic carbocycles. The fraction of sp³-hybridized carbons (Fsp3) is 1.00. The first-order valence-electron chi connectivity index (χ1n) is 4.49. The Labute approximate surface area is 76.3 Å². The lowest BCUT2D eigenvalue weighted by Crippen LogP contribution is -2.34. The molecule has 0 radical (unpaired) electrons. The second-order valence-electron chi connectivity index (χ2n) is 3.94. The van der Waals surface area contributed by atoms with Gasteiger partial charge in [-0.05, 0) is 18.8 Å². The number of sulfone groups is 1. The molecule has 0 bridgehead atoms. The molecule has 1 unspecified atom stereocenters. The average Bonchev–Trinajstić information content (AvgIpc) is 2.03. The summed E-state index contributed by atoms with van der Waals surface area (Å²) in [6.45, 7) is 9.55. The predicted octanol–water partition coefficient (Wildman–Crippen LogP) is 2.25. The van der Waals surface area contributed by atoms with E-state index in [0.29, 0.717) is 0 Å². The van der Waals surface area contributed by atoms with Gasteiger partial charge in [-0.1, -0.05) is 27.7 Å². The Morgan fingerprint density at radius 3 is 1.92 bits per heavy atom. The molecular weight excluding hydrogens is 172 g/mol. The highest BCUT2D eigenvalue weighted by atomic mass is 32.2. The Morgan fingerprint density at radius 1 is 1.25 bits per heavy atom. The van der Waals surface area contributed by atoms with Crippen molar-refractivity contribution in [2.24, 2.45) is 5.41 Å². The zero-order valence-corrected chi connectivity index (χ0v) is 9.53. The van der Waals surface area contributed by atoms with Crippen LogP contribution in [-0.4, -0.2) is 19.4 Å². The lowest BCUT2D eigenvalue weighted by atomic mass is 9.87. The summed E-state index contributed by atoms with van der Waals surface area (Å²) >= 11 is 0. The Balaban J connectivity index is 4.72. The monoisotopic (exact) mass is 192 g/mol. The third-order valence-electron chi connectivity index (χ3n) is 2.95. The smallest absolute Gasteiger partial charge is 0.153 e. The van der Waals surface area contributed by atoms with Crippen LogP contribution >= 0.6 is 0 Å². The van der Waals surface area contributed by atoms with Gasteiger partial charge in [0.1, 0.15) is 0 Å². The Morgan fingerprint density at radius 2 is 1.67 bits per heavy atom. The van der Waals surface area contributed by atoms with Crippen LogP contribution in [0.5, 0.6) is 0 Å². The molecule has 0 fully saturated rings. The number of rotatable bonds is 4. The molecule has 74 valence electrons. The van der Waals surface area contributed by atoms with E-state index in [-0.39, 0.29) is 16.4 Å². The molecule has 0 aliphatic heterocycles. The zero-order valence-electron chi connectivity index (χ0n) is 8.72. The van der Waals surface area contributed by atoms with Gasteiger partial charge in [-0.25, -0.2) is 8.42 Å². The minimum Gasteiger partial charge on any atom is -0.229 e. The maximum absolute atomic E-state index is 11.5. The van der Waals surface area contributed by atoms with Crippen LogP contribution in [0.2, 0.25) is 0 Å². The minimum atomic E-state index is -2.87. The van der Waals surface area contributed by atoms with Crippen LogP contribution in [-0.2, 0) is 9.84 Å². The SMILES string of the molecule is CCC(C)(C)C(C)S(=O)(=O)CC. The van der Waals surface area contributed by atoms with Crippen molar-refractivity contribution in [3.05, 3.63) is 0 Å². The van der Waals surface area contributed by atoms with Gasteiger partial charge in [0, 0.05) is 5.75 Å². The molecule has 0 saturated heterocycles. The van der Waals surface area contributed by atoms with Crippen molar-refractivity contribution in [2.75, 3.05) is 5.75 Å². The highest BCUT2D eigenvalue weighted by molar-refractivity contribution is 7.92. The Hall–Kier alpha value is -0.0500. The lowest BCUT2D eigenvalue weighted by Gasteiger charge is -2.29. The molecule has 0 saturated carbocycles. The summed E-state index contributed by atoms with van der Waals surface area (Å²) in [6, 6.07) is 0. The topological polar surface area (TPSA) is 34.1 Å². The lowest BCUT2D eigenvalue weighted by molar-refractivity contribution is 0.337. The average molecular weight is 192 g/mol. The van der Waals surface area contributed by atoms with Gasteiger partial charge in [0.25, 0.3) is 0 Å². The molecular formula is C9H20O2S. The molecule has 0 N–H and O–H groups in total. The van der Waals surface area contributed by atoms with Crippen molar-refractivity contribution in [1.82, 2.24) is 0 Å². The van der Waals surface area contributed by atoms with E-state index in [1.807, 2.05) is 27.7 Å². The van der Waals surface area contributed by atoms with Gasteiger partial charge < -0.3 is 0 Å². The molecule has 0 amide bonds. The van der Waals surface area contributed by atoms with Gasteiger partial charge in [-0.3, -0.25) is 0 Å². The largest absolute Gasteiger partial charge is 0.229 e. The summed E-state index contributed by atoms with van der Waals surface area (Å²) in [5, 5.41) is -0.236. The number of hydrogen-bond donors (Lipinski definition) is 0. The van der Waals surface area contributed by atoms with Crippen molar-refractivity contribution in [3.8, 4) is 0 Å². The summed E-state index contributed by atoms with van der Waals surface area (Å²) in [7, 11) is -2.87. The molecule has 0 spiro atoms. The highest BCUT2D eigenvalue weighted by Gasteiger charge is 2.32.